The predicted molar refractivity (Wildman–Crippen MR) is 124 cm³/mol. The van der Waals surface area contributed by atoms with E-state index in [4.69, 9.17) is 15.5 Å². The van der Waals surface area contributed by atoms with Crippen LogP contribution in [0.2, 0.25) is 0 Å². The SMILES string of the molecule is N[C@@H]1CC[C@@]2(COC(N3CCc4cc(C5CCCC5)ccc4[C@@H]3c3ccc(F)cc3)=N2)C1. The summed E-state index contributed by atoms with van der Waals surface area (Å²) < 4.78 is 20.0. The van der Waals surface area contributed by atoms with Gasteiger partial charge in [-0.1, -0.05) is 43.2 Å². The Morgan fingerprint density at radius 2 is 1.81 bits per heavy atom. The molecule has 168 valence electrons. The van der Waals surface area contributed by atoms with E-state index < -0.39 is 0 Å². The molecule has 0 aromatic heterocycles. The molecule has 32 heavy (non-hydrogen) atoms. The highest BCUT2D eigenvalue weighted by atomic mass is 19.1. The minimum atomic E-state index is -0.207. The van der Waals surface area contributed by atoms with Crippen molar-refractivity contribution in [2.24, 2.45) is 10.7 Å². The van der Waals surface area contributed by atoms with Crippen LogP contribution in [0.1, 0.15) is 79.2 Å². The van der Waals surface area contributed by atoms with Gasteiger partial charge in [0.05, 0.1) is 6.04 Å². The van der Waals surface area contributed by atoms with Crippen molar-refractivity contribution in [3.63, 3.8) is 0 Å². The number of hydrogen-bond acceptors (Lipinski definition) is 4. The number of amidine groups is 1. The first kappa shape index (κ1) is 20.2. The zero-order valence-corrected chi connectivity index (χ0v) is 18.6. The van der Waals surface area contributed by atoms with Crippen molar-refractivity contribution in [1.82, 2.24) is 4.90 Å². The van der Waals surface area contributed by atoms with Crippen LogP contribution >= 0.6 is 0 Å². The van der Waals surface area contributed by atoms with Crippen LogP contribution in [0.15, 0.2) is 47.5 Å². The second kappa shape index (κ2) is 7.87. The fraction of sp³-hybridized carbons (Fsp3) is 0.519. The third-order valence-corrected chi connectivity index (χ3v) is 8.08. The number of benzene rings is 2. The van der Waals surface area contributed by atoms with Crippen LogP contribution in [0.3, 0.4) is 0 Å². The Morgan fingerprint density at radius 3 is 2.56 bits per heavy atom. The van der Waals surface area contributed by atoms with E-state index in [9.17, 15) is 4.39 Å². The second-order valence-corrected chi connectivity index (χ2v) is 10.2. The van der Waals surface area contributed by atoms with Gasteiger partial charge in [0.25, 0.3) is 6.02 Å². The zero-order chi connectivity index (χ0) is 21.7. The second-order valence-electron chi connectivity index (χ2n) is 10.2. The molecule has 3 atom stereocenters. The van der Waals surface area contributed by atoms with Crippen LogP contribution < -0.4 is 5.73 Å². The van der Waals surface area contributed by atoms with E-state index in [2.05, 4.69) is 23.1 Å². The number of rotatable bonds is 2. The first-order chi connectivity index (χ1) is 15.6. The number of ether oxygens (including phenoxy) is 1. The van der Waals surface area contributed by atoms with Crippen molar-refractivity contribution in [3.05, 3.63) is 70.5 Å². The molecule has 1 spiro atoms. The lowest BCUT2D eigenvalue weighted by molar-refractivity contribution is 0.202. The Hall–Kier alpha value is -2.40. The van der Waals surface area contributed by atoms with Gasteiger partial charge < -0.3 is 15.4 Å². The Morgan fingerprint density at radius 1 is 1.03 bits per heavy atom. The van der Waals surface area contributed by atoms with Crippen molar-refractivity contribution in [2.75, 3.05) is 13.2 Å². The van der Waals surface area contributed by atoms with Crippen molar-refractivity contribution in [3.8, 4) is 0 Å². The fourth-order valence-electron chi connectivity index (χ4n) is 6.36. The molecule has 2 aromatic carbocycles. The number of hydrogen-bond donors (Lipinski definition) is 1. The summed E-state index contributed by atoms with van der Waals surface area (Å²) in [6, 6.07) is 14.9. The van der Waals surface area contributed by atoms with Gasteiger partial charge in [0.15, 0.2) is 0 Å². The Labute approximate surface area is 189 Å². The van der Waals surface area contributed by atoms with Gasteiger partial charge in [0, 0.05) is 12.6 Å². The van der Waals surface area contributed by atoms with E-state index >= 15 is 0 Å². The van der Waals surface area contributed by atoms with E-state index in [1.54, 1.807) is 12.1 Å². The predicted octanol–water partition coefficient (Wildman–Crippen LogP) is 5.07. The lowest BCUT2D eigenvalue weighted by Crippen LogP contribution is -2.41. The van der Waals surface area contributed by atoms with Crippen molar-refractivity contribution in [1.29, 1.82) is 0 Å². The van der Waals surface area contributed by atoms with Gasteiger partial charge in [-0.2, -0.15) is 0 Å². The molecule has 2 aliphatic heterocycles. The smallest absolute Gasteiger partial charge is 0.288 e. The Bertz CT molecular complexity index is 1030. The molecule has 2 aliphatic carbocycles. The standard InChI is InChI=1S/C27H32FN3O/c28-22-8-5-19(6-9-22)25-24-10-7-20(18-3-1-2-4-18)15-21(24)12-14-31(25)26-30-27(17-32-26)13-11-23(29)16-27/h5-10,15,18,23,25H,1-4,11-14,16-17,29H2/t23-,25+,27+/m1/s1. The van der Waals surface area contributed by atoms with E-state index in [0.29, 0.717) is 12.5 Å². The maximum atomic E-state index is 13.7. The lowest BCUT2D eigenvalue weighted by atomic mass is 9.85. The van der Waals surface area contributed by atoms with E-state index in [1.807, 2.05) is 12.1 Å². The summed E-state index contributed by atoms with van der Waals surface area (Å²) >= 11 is 0. The quantitative estimate of drug-likeness (QED) is 0.720. The van der Waals surface area contributed by atoms with E-state index in [1.165, 1.54) is 42.4 Å². The number of nitrogens with zero attached hydrogens (tertiary/aromatic N) is 2. The molecular weight excluding hydrogens is 401 g/mol. The number of halogens is 1. The minimum absolute atomic E-state index is 0.0130. The summed E-state index contributed by atoms with van der Waals surface area (Å²) in [4.78, 5) is 7.40. The fourth-order valence-corrected chi connectivity index (χ4v) is 6.36. The maximum Gasteiger partial charge on any atom is 0.288 e. The largest absolute Gasteiger partial charge is 0.463 e. The van der Waals surface area contributed by atoms with Gasteiger partial charge in [0.1, 0.15) is 18.0 Å². The molecule has 4 aliphatic rings. The van der Waals surface area contributed by atoms with Crippen molar-refractivity contribution >= 4 is 6.02 Å². The molecule has 2 N–H and O–H groups in total. The molecular formula is C27H32FN3O. The summed E-state index contributed by atoms with van der Waals surface area (Å²) in [5.41, 5.74) is 11.3. The van der Waals surface area contributed by atoms with Crippen LogP contribution in [-0.4, -0.2) is 35.7 Å². The topological polar surface area (TPSA) is 50.9 Å². The molecule has 2 fully saturated rings. The summed E-state index contributed by atoms with van der Waals surface area (Å²) in [6.45, 7) is 1.47. The highest BCUT2D eigenvalue weighted by molar-refractivity contribution is 5.78. The van der Waals surface area contributed by atoms with Crippen molar-refractivity contribution in [2.45, 2.75) is 74.9 Å². The molecule has 0 saturated heterocycles. The van der Waals surface area contributed by atoms with E-state index in [0.717, 1.165) is 43.8 Å². The maximum absolute atomic E-state index is 13.7. The average Bonchev–Trinajstić information content (AvgIpc) is 3.56. The summed E-state index contributed by atoms with van der Waals surface area (Å²) in [5.74, 6) is 0.498. The number of fused-ring (bicyclic) bond motifs is 1. The first-order valence-electron chi connectivity index (χ1n) is 12.2. The zero-order valence-electron chi connectivity index (χ0n) is 18.6. The Kier molecular flexibility index (Phi) is 4.98. The monoisotopic (exact) mass is 433 g/mol. The molecule has 0 amide bonds. The summed E-state index contributed by atoms with van der Waals surface area (Å²) in [7, 11) is 0. The average molecular weight is 434 g/mol. The van der Waals surface area contributed by atoms with Crippen LogP contribution in [0.4, 0.5) is 4.39 Å². The molecule has 6 rings (SSSR count). The van der Waals surface area contributed by atoms with Crippen molar-refractivity contribution < 1.29 is 9.13 Å². The van der Waals surface area contributed by atoms with Gasteiger partial charge >= 0.3 is 0 Å². The number of nitrogens with two attached hydrogens (primary N) is 1. The van der Waals surface area contributed by atoms with Gasteiger partial charge in [-0.05, 0) is 78.8 Å². The van der Waals surface area contributed by atoms with Gasteiger partial charge in [0.2, 0.25) is 0 Å². The molecule has 2 saturated carbocycles. The third kappa shape index (κ3) is 3.51. The molecule has 0 radical (unpaired) electrons. The Balaban J connectivity index is 1.38. The molecule has 2 heterocycles. The molecule has 0 bridgehead atoms. The first-order valence-corrected chi connectivity index (χ1v) is 12.2. The van der Waals surface area contributed by atoms with Crippen LogP contribution in [0.25, 0.3) is 0 Å². The normalized spacial score (nSPS) is 29.9. The highest BCUT2D eigenvalue weighted by Crippen LogP contribution is 2.42. The van der Waals surface area contributed by atoms with Gasteiger partial charge in [-0.3, -0.25) is 0 Å². The van der Waals surface area contributed by atoms with E-state index in [-0.39, 0.29) is 23.4 Å². The van der Waals surface area contributed by atoms with Crippen LogP contribution in [-0.2, 0) is 11.2 Å². The lowest BCUT2D eigenvalue weighted by Gasteiger charge is -2.38. The minimum Gasteiger partial charge on any atom is -0.463 e. The van der Waals surface area contributed by atoms with Crippen LogP contribution in [0.5, 0.6) is 0 Å². The highest BCUT2D eigenvalue weighted by Gasteiger charge is 2.45. The van der Waals surface area contributed by atoms with Crippen LogP contribution in [0, 0.1) is 5.82 Å². The van der Waals surface area contributed by atoms with Gasteiger partial charge in [-0.15, -0.1) is 0 Å². The molecule has 2 aromatic rings. The number of aliphatic imine (C=N–C) groups is 1. The molecule has 0 unspecified atom stereocenters. The molecule has 5 heteroatoms. The van der Waals surface area contributed by atoms with Gasteiger partial charge in [-0.25, -0.2) is 9.38 Å². The third-order valence-electron chi connectivity index (χ3n) is 8.08. The molecule has 4 nitrogen and oxygen atoms in total. The summed E-state index contributed by atoms with van der Waals surface area (Å²) in [6.07, 6.45) is 9.17. The summed E-state index contributed by atoms with van der Waals surface area (Å²) in [5, 5.41) is 0.